The van der Waals surface area contributed by atoms with Crippen LogP contribution in [0.15, 0.2) is 0 Å². The van der Waals surface area contributed by atoms with Crippen LogP contribution < -0.4 is 0 Å². The topological polar surface area (TPSA) is 9.23 Å². The van der Waals surface area contributed by atoms with Crippen LogP contribution in [0.3, 0.4) is 0 Å². The molecule has 0 radical (unpaired) electrons. The summed E-state index contributed by atoms with van der Waals surface area (Å²) in [6.07, 6.45) is 22.5. The number of hydrogen-bond acceptors (Lipinski definition) is 3. The molecule has 3 heteroatoms. The van der Waals surface area contributed by atoms with Crippen molar-refractivity contribution >= 4 is 28.4 Å². The Balaban J connectivity index is 1.38. The van der Waals surface area contributed by atoms with Crippen molar-refractivity contribution in [1.29, 1.82) is 0 Å². The van der Waals surface area contributed by atoms with Gasteiger partial charge in [-0.05, 0) is 122 Å². The summed E-state index contributed by atoms with van der Waals surface area (Å²) in [4.78, 5) is 0. The van der Waals surface area contributed by atoms with Crippen molar-refractivity contribution < 1.29 is 4.74 Å². The molecule has 0 aromatic carbocycles. The predicted molar refractivity (Wildman–Crippen MR) is 152 cm³/mol. The Morgan fingerprint density at radius 1 is 1.00 bits per heavy atom. The Kier molecular flexibility index (Phi) is 8.72. The third-order valence-corrected chi connectivity index (χ3v) is 12.4. The summed E-state index contributed by atoms with van der Waals surface area (Å²) in [6.45, 7) is 12.7. The number of thiocarbonyl (C=S) groups is 1. The zero-order valence-corrected chi connectivity index (χ0v) is 24.2. The van der Waals surface area contributed by atoms with Crippen LogP contribution in [0.2, 0.25) is 0 Å². The van der Waals surface area contributed by atoms with Gasteiger partial charge in [0.25, 0.3) is 0 Å². The molecule has 0 aromatic rings. The van der Waals surface area contributed by atoms with E-state index in [0.717, 1.165) is 41.4 Å². The second-order valence-corrected chi connectivity index (χ2v) is 15.0. The number of hydrogen-bond donors (Lipinski definition) is 0. The number of terminal acetylenes is 1. The third-order valence-electron chi connectivity index (χ3n) is 11.4. The average Bonchev–Trinajstić information content (AvgIpc) is 3.15. The highest BCUT2D eigenvalue weighted by atomic mass is 32.2. The second-order valence-electron chi connectivity index (χ2n) is 13.4. The minimum atomic E-state index is 0.309. The van der Waals surface area contributed by atoms with E-state index >= 15 is 0 Å². The lowest BCUT2D eigenvalue weighted by molar-refractivity contribution is -0.127. The Morgan fingerprint density at radius 2 is 1.74 bits per heavy atom. The second kappa shape index (κ2) is 11.0. The van der Waals surface area contributed by atoms with Gasteiger partial charge in [0, 0.05) is 0 Å². The smallest absolute Gasteiger partial charge is 0.221 e. The van der Waals surface area contributed by atoms with E-state index in [9.17, 15) is 0 Å². The quantitative estimate of drug-likeness (QED) is 0.254. The van der Waals surface area contributed by atoms with E-state index in [1.807, 2.05) is 0 Å². The fraction of sp³-hybridized carbons (Fsp3) is 0.903. The van der Waals surface area contributed by atoms with E-state index in [1.165, 1.54) is 88.8 Å². The summed E-state index contributed by atoms with van der Waals surface area (Å²) >= 11 is 6.96. The van der Waals surface area contributed by atoms with Gasteiger partial charge in [0.1, 0.15) is 6.10 Å². The number of rotatable bonds is 7. The first kappa shape index (κ1) is 26.9. The molecule has 4 aliphatic carbocycles. The van der Waals surface area contributed by atoms with Gasteiger partial charge in [-0.1, -0.05) is 71.6 Å². The van der Waals surface area contributed by atoms with Gasteiger partial charge >= 0.3 is 0 Å². The van der Waals surface area contributed by atoms with Crippen LogP contribution in [0, 0.1) is 64.6 Å². The zero-order chi connectivity index (χ0) is 24.5. The Hall–Kier alpha value is -0.200. The maximum atomic E-state index is 6.19. The molecule has 4 rings (SSSR count). The molecule has 4 fully saturated rings. The number of fused-ring (bicyclic) bond motifs is 5. The normalized spacial score (nSPS) is 42.3. The van der Waals surface area contributed by atoms with Crippen LogP contribution >= 0.6 is 24.0 Å². The van der Waals surface area contributed by atoms with Crippen molar-refractivity contribution in [2.45, 2.75) is 118 Å². The Labute approximate surface area is 220 Å². The molecule has 4 saturated carbocycles. The highest BCUT2D eigenvalue weighted by Crippen LogP contribution is 2.68. The minimum absolute atomic E-state index is 0.309. The SMILES string of the molecule is C#CCSC(=S)O[C@H]1CC[C@@]2(C)[C@@H](CC[C@@H]3[C@@H]2CC[C@]2(C)[C@@H]([C@H](C)CCCC(C)C)CC[C@@H]32)C1. The summed E-state index contributed by atoms with van der Waals surface area (Å²) in [5.74, 6) is 9.68. The van der Waals surface area contributed by atoms with Crippen molar-refractivity contribution in [2.75, 3.05) is 5.75 Å². The molecule has 0 unspecified atom stereocenters. The van der Waals surface area contributed by atoms with Gasteiger partial charge in [0.2, 0.25) is 4.38 Å². The summed E-state index contributed by atoms with van der Waals surface area (Å²) < 4.78 is 6.86. The monoisotopic (exact) mass is 502 g/mol. The molecule has 0 bridgehead atoms. The van der Waals surface area contributed by atoms with Crippen molar-refractivity contribution in [1.82, 2.24) is 0 Å². The fourth-order valence-electron chi connectivity index (χ4n) is 9.62. The lowest BCUT2D eigenvalue weighted by Crippen LogP contribution is -2.54. The third kappa shape index (κ3) is 5.25. The van der Waals surface area contributed by atoms with E-state index in [0.29, 0.717) is 27.1 Å². The van der Waals surface area contributed by atoms with Gasteiger partial charge in [0.15, 0.2) is 0 Å². The highest BCUT2D eigenvalue weighted by molar-refractivity contribution is 8.22. The van der Waals surface area contributed by atoms with Crippen LogP contribution in [0.25, 0.3) is 0 Å². The van der Waals surface area contributed by atoms with Crippen molar-refractivity contribution in [3.63, 3.8) is 0 Å². The van der Waals surface area contributed by atoms with Gasteiger partial charge in [-0.3, -0.25) is 0 Å². The molecular formula is C31H50OS2. The van der Waals surface area contributed by atoms with E-state index < -0.39 is 0 Å². The van der Waals surface area contributed by atoms with Gasteiger partial charge in [-0.15, -0.1) is 6.42 Å². The maximum Gasteiger partial charge on any atom is 0.221 e. The molecule has 0 heterocycles. The standard InChI is InChI=1S/C31H50OS2/c1-7-19-34-29(33)32-24-15-17-30(5)23(20-24)11-12-25-27-14-13-26(22(4)10-8-9-21(2)3)31(27,6)18-16-28(25)30/h1,21-28H,8-20H2,2-6H3/t22-,23+,24+,25+,26-,27+,28+,30+,31-/m1/s1. The van der Waals surface area contributed by atoms with Crippen LogP contribution in [-0.4, -0.2) is 16.2 Å². The van der Waals surface area contributed by atoms with Gasteiger partial charge in [0.05, 0.1) is 5.75 Å². The molecule has 192 valence electrons. The summed E-state index contributed by atoms with van der Waals surface area (Å²) in [5, 5.41) is 0. The van der Waals surface area contributed by atoms with E-state index in [4.69, 9.17) is 23.4 Å². The van der Waals surface area contributed by atoms with Crippen molar-refractivity contribution in [3.05, 3.63) is 0 Å². The van der Waals surface area contributed by atoms with Crippen molar-refractivity contribution in [3.8, 4) is 12.3 Å². The molecule has 1 nitrogen and oxygen atoms in total. The van der Waals surface area contributed by atoms with Crippen LogP contribution in [-0.2, 0) is 4.74 Å². The first-order valence-electron chi connectivity index (χ1n) is 14.5. The van der Waals surface area contributed by atoms with E-state index in [1.54, 1.807) is 0 Å². The molecule has 0 N–H and O–H groups in total. The lowest BCUT2D eigenvalue weighted by atomic mass is 9.44. The molecular weight excluding hydrogens is 452 g/mol. The van der Waals surface area contributed by atoms with Crippen LogP contribution in [0.5, 0.6) is 0 Å². The predicted octanol–water partition coefficient (Wildman–Crippen LogP) is 9.14. The molecule has 0 amide bonds. The van der Waals surface area contributed by atoms with E-state index in [2.05, 4.69) is 40.5 Å². The Bertz CT molecular complexity index is 755. The van der Waals surface area contributed by atoms with Gasteiger partial charge in [-0.2, -0.15) is 0 Å². The summed E-state index contributed by atoms with van der Waals surface area (Å²) in [7, 11) is 0. The molecule has 0 spiro atoms. The highest BCUT2D eigenvalue weighted by Gasteiger charge is 2.60. The fourth-order valence-corrected chi connectivity index (χ4v) is 10.3. The molecule has 0 saturated heterocycles. The lowest BCUT2D eigenvalue weighted by Gasteiger charge is -2.61. The summed E-state index contributed by atoms with van der Waals surface area (Å²) in [6, 6.07) is 0. The first-order chi connectivity index (χ1) is 16.2. The number of thioether (sulfide) groups is 1. The maximum absolute atomic E-state index is 6.19. The summed E-state index contributed by atoms with van der Waals surface area (Å²) in [5.41, 5.74) is 1.11. The molecule has 34 heavy (non-hydrogen) atoms. The minimum Gasteiger partial charge on any atom is -0.475 e. The zero-order valence-electron chi connectivity index (χ0n) is 22.6. The Morgan fingerprint density at radius 3 is 2.47 bits per heavy atom. The molecule has 0 aromatic heterocycles. The van der Waals surface area contributed by atoms with E-state index in [-0.39, 0.29) is 0 Å². The van der Waals surface area contributed by atoms with Gasteiger partial charge < -0.3 is 4.74 Å². The average molecular weight is 503 g/mol. The molecule has 4 aliphatic rings. The van der Waals surface area contributed by atoms with Gasteiger partial charge in [-0.25, -0.2) is 0 Å². The van der Waals surface area contributed by atoms with Crippen LogP contribution in [0.4, 0.5) is 0 Å². The van der Waals surface area contributed by atoms with Crippen LogP contribution in [0.1, 0.15) is 112 Å². The first-order valence-corrected chi connectivity index (χ1v) is 15.8. The molecule has 9 atom stereocenters. The number of ether oxygens (including phenoxy) is 1. The molecule has 0 aliphatic heterocycles. The van der Waals surface area contributed by atoms with Crippen molar-refractivity contribution in [2.24, 2.45) is 52.3 Å². The largest absolute Gasteiger partial charge is 0.475 e.